The highest BCUT2D eigenvalue weighted by atomic mass is 35.5. The topological polar surface area (TPSA) is 107 Å². The Hall–Kier alpha value is -3.56. The van der Waals surface area contributed by atoms with E-state index in [0.29, 0.717) is 58.4 Å². The normalized spacial score (nSPS) is 11.8. The number of nitrogens with zero attached hydrogens (tertiary/aromatic N) is 2. The summed E-state index contributed by atoms with van der Waals surface area (Å²) in [6.07, 6.45) is 1.60. The van der Waals surface area contributed by atoms with Gasteiger partial charge in [-0.15, -0.1) is 0 Å². The first-order chi connectivity index (χ1) is 15.1. The van der Waals surface area contributed by atoms with Gasteiger partial charge in [-0.05, 0) is 36.4 Å². The molecule has 1 amide bonds. The number of fused-ring (bicyclic) bond motifs is 1. The largest absolute Gasteiger partial charge is 0.454 e. The molecule has 4 rings (SSSR count). The second-order valence-electron chi connectivity index (χ2n) is 6.50. The summed E-state index contributed by atoms with van der Waals surface area (Å²) >= 11 is 6.32. The molecule has 1 aliphatic rings. The molecule has 0 bridgehead atoms. The third-order valence-electron chi connectivity index (χ3n) is 4.37. The zero-order valence-corrected chi connectivity index (χ0v) is 17.4. The van der Waals surface area contributed by atoms with Crippen LogP contribution in [0, 0.1) is 0 Å². The molecule has 0 radical (unpaired) electrons. The molecular weight excluding hydrogens is 422 g/mol. The minimum Gasteiger partial charge on any atom is -0.454 e. The van der Waals surface area contributed by atoms with Crippen LogP contribution in [0.4, 0.5) is 23.1 Å². The number of methoxy groups -OCH3 is 1. The van der Waals surface area contributed by atoms with E-state index in [0.717, 1.165) is 0 Å². The number of nitrogens with one attached hydrogen (secondary N) is 3. The smallest absolute Gasteiger partial charge is 0.251 e. The van der Waals surface area contributed by atoms with Gasteiger partial charge in [0, 0.05) is 31.1 Å². The maximum Gasteiger partial charge on any atom is 0.251 e. The molecule has 1 aromatic heterocycles. The molecule has 0 saturated carbocycles. The highest BCUT2D eigenvalue weighted by Gasteiger charge is 2.21. The highest BCUT2D eigenvalue weighted by molar-refractivity contribution is 6.33. The molecule has 0 spiro atoms. The van der Waals surface area contributed by atoms with Gasteiger partial charge in [-0.2, -0.15) is 4.98 Å². The number of ether oxygens (including phenoxy) is 3. The van der Waals surface area contributed by atoms with Crippen LogP contribution < -0.4 is 25.4 Å². The van der Waals surface area contributed by atoms with Gasteiger partial charge in [-0.1, -0.05) is 17.7 Å². The lowest BCUT2D eigenvalue weighted by Gasteiger charge is -2.12. The van der Waals surface area contributed by atoms with Crippen LogP contribution in [0.15, 0.2) is 48.7 Å². The number of carbonyl (C=O) groups is 1. The SMILES string of the molecule is COCCNC(=O)c1cccc(Nc2nccc(Nc3c(Cl)ccc4c3OCO4)n2)c1. The molecule has 2 aromatic carbocycles. The maximum atomic E-state index is 12.2. The summed E-state index contributed by atoms with van der Waals surface area (Å²) in [5.74, 6) is 1.82. The molecule has 0 unspecified atom stereocenters. The Morgan fingerprint density at radius 2 is 2.10 bits per heavy atom. The maximum absolute atomic E-state index is 12.2. The zero-order chi connectivity index (χ0) is 21.6. The lowest BCUT2D eigenvalue weighted by molar-refractivity contribution is 0.0937. The van der Waals surface area contributed by atoms with E-state index in [2.05, 4.69) is 25.9 Å². The van der Waals surface area contributed by atoms with Crippen molar-refractivity contribution in [3.05, 3.63) is 59.2 Å². The Bertz CT molecular complexity index is 1100. The van der Waals surface area contributed by atoms with Crippen LogP contribution in [0.5, 0.6) is 11.5 Å². The van der Waals surface area contributed by atoms with Gasteiger partial charge in [-0.3, -0.25) is 4.79 Å². The highest BCUT2D eigenvalue weighted by Crippen LogP contribution is 2.44. The first-order valence-electron chi connectivity index (χ1n) is 9.46. The fraction of sp³-hybridized carbons (Fsp3) is 0.190. The van der Waals surface area contributed by atoms with Gasteiger partial charge in [0.2, 0.25) is 12.7 Å². The third-order valence-corrected chi connectivity index (χ3v) is 4.68. The molecule has 1 aliphatic heterocycles. The summed E-state index contributed by atoms with van der Waals surface area (Å²) in [6, 6.07) is 12.2. The minimum atomic E-state index is -0.188. The van der Waals surface area contributed by atoms with Gasteiger partial charge < -0.3 is 30.2 Å². The molecule has 31 heavy (non-hydrogen) atoms. The van der Waals surface area contributed by atoms with Crippen molar-refractivity contribution in [3.8, 4) is 11.5 Å². The number of hydrogen-bond donors (Lipinski definition) is 3. The van der Waals surface area contributed by atoms with Gasteiger partial charge in [0.05, 0.1) is 11.6 Å². The molecule has 160 valence electrons. The van der Waals surface area contributed by atoms with Gasteiger partial charge in [-0.25, -0.2) is 4.98 Å². The Labute approximate surface area is 183 Å². The van der Waals surface area contributed by atoms with Crippen molar-refractivity contribution >= 4 is 40.6 Å². The first-order valence-corrected chi connectivity index (χ1v) is 9.84. The Kier molecular flexibility index (Phi) is 6.34. The van der Waals surface area contributed by atoms with E-state index < -0.39 is 0 Å². The molecule has 0 saturated heterocycles. The van der Waals surface area contributed by atoms with Crippen LogP contribution in [0.2, 0.25) is 5.02 Å². The van der Waals surface area contributed by atoms with Crippen LogP contribution in [-0.2, 0) is 4.74 Å². The molecule has 3 aromatic rings. The Morgan fingerprint density at radius 1 is 1.19 bits per heavy atom. The van der Waals surface area contributed by atoms with E-state index >= 15 is 0 Å². The number of anilines is 4. The molecule has 9 nitrogen and oxygen atoms in total. The van der Waals surface area contributed by atoms with Crippen LogP contribution in [0.25, 0.3) is 0 Å². The number of halogens is 1. The number of rotatable bonds is 8. The number of benzene rings is 2. The monoisotopic (exact) mass is 441 g/mol. The average molecular weight is 442 g/mol. The summed E-state index contributed by atoms with van der Waals surface area (Å²) in [5.41, 5.74) is 1.75. The van der Waals surface area contributed by atoms with E-state index in [1.54, 1.807) is 49.7 Å². The predicted octanol–water partition coefficient (Wildman–Crippen LogP) is 3.72. The number of hydrogen-bond acceptors (Lipinski definition) is 8. The van der Waals surface area contributed by atoms with E-state index in [9.17, 15) is 4.79 Å². The summed E-state index contributed by atoms with van der Waals surface area (Å²) in [4.78, 5) is 20.9. The van der Waals surface area contributed by atoms with Gasteiger partial charge >= 0.3 is 0 Å². The van der Waals surface area contributed by atoms with Crippen LogP contribution in [0.3, 0.4) is 0 Å². The average Bonchev–Trinajstić information content (AvgIpc) is 3.25. The number of aromatic nitrogens is 2. The third kappa shape index (κ3) is 4.96. The fourth-order valence-electron chi connectivity index (χ4n) is 2.92. The first kappa shape index (κ1) is 20.7. The van der Waals surface area contributed by atoms with Crippen molar-refractivity contribution < 1.29 is 19.0 Å². The predicted molar refractivity (Wildman–Crippen MR) is 117 cm³/mol. The van der Waals surface area contributed by atoms with Crippen molar-refractivity contribution in [1.29, 1.82) is 0 Å². The van der Waals surface area contributed by atoms with Crippen molar-refractivity contribution in [2.75, 3.05) is 37.7 Å². The lowest BCUT2D eigenvalue weighted by Crippen LogP contribution is -2.26. The molecule has 2 heterocycles. The van der Waals surface area contributed by atoms with Gasteiger partial charge in [0.1, 0.15) is 11.5 Å². The van der Waals surface area contributed by atoms with Gasteiger partial charge in [0.25, 0.3) is 5.91 Å². The summed E-state index contributed by atoms with van der Waals surface area (Å²) in [5, 5.41) is 9.52. The van der Waals surface area contributed by atoms with Crippen molar-refractivity contribution in [3.63, 3.8) is 0 Å². The second-order valence-corrected chi connectivity index (χ2v) is 6.91. The quantitative estimate of drug-likeness (QED) is 0.454. The second kappa shape index (κ2) is 9.50. The summed E-state index contributed by atoms with van der Waals surface area (Å²) < 4.78 is 15.8. The Balaban J connectivity index is 1.48. The van der Waals surface area contributed by atoms with E-state index in [1.807, 2.05) is 6.07 Å². The number of amides is 1. The lowest BCUT2D eigenvalue weighted by atomic mass is 10.2. The van der Waals surface area contributed by atoms with Crippen molar-refractivity contribution in [2.24, 2.45) is 0 Å². The van der Waals surface area contributed by atoms with Gasteiger partial charge in [0.15, 0.2) is 11.5 Å². The minimum absolute atomic E-state index is 0.135. The van der Waals surface area contributed by atoms with E-state index in [-0.39, 0.29) is 12.7 Å². The molecular formula is C21H20ClN5O4. The zero-order valence-electron chi connectivity index (χ0n) is 16.6. The summed E-state index contributed by atoms with van der Waals surface area (Å²) in [6.45, 7) is 1.02. The van der Waals surface area contributed by atoms with Crippen molar-refractivity contribution in [1.82, 2.24) is 15.3 Å². The molecule has 3 N–H and O–H groups in total. The molecule has 0 atom stereocenters. The standard InChI is InChI=1S/C21H20ClN5O4/c1-29-10-9-23-20(28)13-3-2-4-14(11-13)25-21-24-8-7-17(27-21)26-18-15(22)5-6-16-19(18)31-12-30-16/h2-8,11H,9-10,12H2,1H3,(H,23,28)(H2,24,25,26,27). The van der Waals surface area contributed by atoms with Crippen molar-refractivity contribution in [2.45, 2.75) is 0 Å². The van der Waals surface area contributed by atoms with Crippen LogP contribution >= 0.6 is 11.6 Å². The van der Waals surface area contributed by atoms with Crippen LogP contribution in [0.1, 0.15) is 10.4 Å². The summed E-state index contributed by atoms with van der Waals surface area (Å²) in [7, 11) is 1.58. The van der Waals surface area contributed by atoms with E-state index in [1.165, 1.54) is 0 Å². The molecule has 0 fully saturated rings. The molecule has 0 aliphatic carbocycles. The fourth-order valence-corrected chi connectivity index (χ4v) is 3.11. The van der Waals surface area contributed by atoms with E-state index in [4.69, 9.17) is 25.8 Å². The van der Waals surface area contributed by atoms with Crippen LogP contribution in [-0.4, -0.2) is 42.9 Å². The molecule has 10 heteroatoms. The Morgan fingerprint density at radius 3 is 2.97 bits per heavy atom. The number of carbonyl (C=O) groups excluding carboxylic acids is 1.